The fourth-order valence-electron chi connectivity index (χ4n) is 1.04. The number of allylic oxidation sites excluding steroid dienone is 1. The summed E-state index contributed by atoms with van der Waals surface area (Å²) in [6, 6.07) is 0. The van der Waals surface area contributed by atoms with Gasteiger partial charge in [-0.2, -0.15) is 0 Å². The molecular weight excluding hydrogens is 128 g/mol. The van der Waals surface area contributed by atoms with Gasteiger partial charge in [-0.1, -0.05) is 12.2 Å². The molecule has 2 nitrogen and oxygen atoms in total. The van der Waals surface area contributed by atoms with Gasteiger partial charge in [-0.15, -0.1) is 0 Å². The SMILES string of the molecule is CCOC1CC=CCC1=O. The molecular formula is C8H12O2. The fourth-order valence-corrected chi connectivity index (χ4v) is 1.04. The highest BCUT2D eigenvalue weighted by Gasteiger charge is 2.18. The van der Waals surface area contributed by atoms with Crippen molar-refractivity contribution < 1.29 is 9.53 Å². The molecule has 1 unspecified atom stereocenters. The van der Waals surface area contributed by atoms with Crippen molar-refractivity contribution in [2.24, 2.45) is 0 Å². The van der Waals surface area contributed by atoms with E-state index in [4.69, 9.17) is 4.74 Å². The Hall–Kier alpha value is -0.630. The molecule has 0 aromatic heterocycles. The Balaban J connectivity index is 2.43. The summed E-state index contributed by atoms with van der Waals surface area (Å²) in [6.45, 7) is 2.54. The highest BCUT2D eigenvalue weighted by Crippen LogP contribution is 2.10. The summed E-state index contributed by atoms with van der Waals surface area (Å²) < 4.78 is 5.19. The number of carbonyl (C=O) groups is 1. The Morgan fingerprint density at radius 1 is 1.70 bits per heavy atom. The van der Waals surface area contributed by atoms with E-state index in [0.717, 1.165) is 6.42 Å². The van der Waals surface area contributed by atoms with E-state index in [0.29, 0.717) is 13.0 Å². The highest BCUT2D eigenvalue weighted by molar-refractivity contribution is 5.85. The number of ketones is 1. The maximum Gasteiger partial charge on any atom is 0.165 e. The summed E-state index contributed by atoms with van der Waals surface area (Å²) in [5.41, 5.74) is 0. The second-order valence-electron chi connectivity index (χ2n) is 2.32. The average Bonchev–Trinajstić information content (AvgIpc) is 1.94. The minimum atomic E-state index is -0.157. The third kappa shape index (κ3) is 1.67. The quantitative estimate of drug-likeness (QED) is 0.540. The average molecular weight is 140 g/mol. The molecule has 0 spiro atoms. The van der Waals surface area contributed by atoms with Crippen LogP contribution < -0.4 is 0 Å². The van der Waals surface area contributed by atoms with Gasteiger partial charge in [-0.05, 0) is 13.3 Å². The zero-order chi connectivity index (χ0) is 7.40. The van der Waals surface area contributed by atoms with Crippen LogP contribution in [0.25, 0.3) is 0 Å². The third-order valence-electron chi connectivity index (χ3n) is 1.56. The predicted molar refractivity (Wildman–Crippen MR) is 38.8 cm³/mol. The highest BCUT2D eigenvalue weighted by atomic mass is 16.5. The number of carbonyl (C=O) groups excluding carboxylic acids is 1. The molecule has 0 aromatic carbocycles. The van der Waals surface area contributed by atoms with Crippen molar-refractivity contribution in [2.75, 3.05) is 6.61 Å². The number of rotatable bonds is 2. The Bertz CT molecular complexity index is 149. The molecule has 1 atom stereocenters. The lowest BCUT2D eigenvalue weighted by molar-refractivity contribution is -0.129. The van der Waals surface area contributed by atoms with Gasteiger partial charge in [0.25, 0.3) is 0 Å². The lowest BCUT2D eigenvalue weighted by atomic mass is 10.0. The first-order valence-corrected chi connectivity index (χ1v) is 3.64. The number of hydrogen-bond donors (Lipinski definition) is 0. The van der Waals surface area contributed by atoms with Gasteiger partial charge in [0.05, 0.1) is 0 Å². The van der Waals surface area contributed by atoms with Crippen molar-refractivity contribution in [2.45, 2.75) is 25.9 Å². The Kier molecular flexibility index (Phi) is 2.63. The molecule has 1 aliphatic carbocycles. The minimum absolute atomic E-state index is 0.157. The number of hydrogen-bond acceptors (Lipinski definition) is 2. The Morgan fingerprint density at radius 3 is 3.10 bits per heavy atom. The summed E-state index contributed by atoms with van der Waals surface area (Å²) in [7, 11) is 0. The van der Waals surface area contributed by atoms with E-state index in [9.17, 15) is 4.79 Å². The van der Waals surface area contributed by atoms with Crippen molar-refractivity contribution in [1.82, 2.24) is 0 Å². The molecule has 1 rings (SSSR count). The molecule has 0 fully saturated rings. The van der Waals surface area contributed by atoms with Crippen molar-refractivity contribution in [3.8, 4) is 0 Å². The molecule has 0 radical (unpaired) electrons. The Morgan fingerprint density at radius 2 is 2.50 bits per heavy atom. The lowest BCUT2D eigenvalue weighted by Gasteiger charge is -2.15. The van der Waals surface area contributed by atoms with E-state index in [-0.39, 0.29) is 11.9 Å². The van der Waals surface area contributed by atoms with Gasteiger partial charge in [0.1, 0.15) is 6.10 Å². The Labute approximate surface area is 60.9 Å². The monoisotopic (exact) mass is 140 g/mol. The molecule has 56 valence electrons. The molecule has 10 heavy (non-hydrogen) atoms. The lowest BCUT2D eigenvalue weighted by Crippen LogP contribution is -2.25. The first kappa shape index (κ1) is 7.48. The van der Waals surface area contributed by atoms with Crippen LogP contribution in [-0.2, 0) is 9.53 Å². The van der Waals surface area contributed by atoms with Gasteiger partial charge in [0, 0.05) is 13.0 Å². The van der Waals surface area contributed by atoms with Crippen molar-refractivity contribution in [3.63, 3.8) is 0 Å². The van der Waals surface area contributed by atoms with Gasteiger partial charge >= 0.3 is 0 Å². The second kappa shape index (κ2) is 3.52. The molecule has 0 amide bonds. The van der Waals surface area contributed by atoms with E-state index < -0.39 is 0 Å². The molecule has 0 bridgehead atoms. The third-order valence-corrected chi connectivity index (χ3v) is 1.56. The van der Waals surface area contributed by atoms with Gasteiger partial charge in [0.15, 0.2) is 5.78 Å². The van der Waals surface area contributed by atoms with Crippen LogP contribution in [0.1, 0.15) is 19.8 Å². The standard InChI is InChI=1S/C8H12O2/c1-2-10-8-6-4-3-5-7(8)9/h3-4,8H,2,5-6H2,1H3. The topological polar surface area (TPSA) is 26.3 Å². The predicted octanol–water partition coefficient (Wildman–Crippen LogP) is 1.31. The van der Waals surface area contributed by atoms with E-state index in [1.165, 1.54) is 0 Å². The van der Waals surface area contributed by atoms with Crippen LogP contribution in [0.3, 0.4) is 0 Å². The molecule has 0 aliphatic heterocycles. The van der Waals surface area contributed by atoms with Crippen LogP contribution >= 0.6 is 0 Å². The van der Waals surface area contributed by atoms with Crippen molar-refractivity contribution in [3.05, 3.63) is 12.2 Å². The smallest absolute Gasteiger partial charge is 0.165 e. The minimum Gasteiger partial charge on any atom is -0.370 e. The first-order valence-electron chi connectivity index (χ1n) is 3.64. The normalized spacial score (nSPS) is 25.3. The van der Waals surface area contributed by atoms with E-state index in [1.807, 2.05) is 19.1 Å². The first-order chi connectivity index (χ1) is 4.84. The van der Waals surface area contributed by atoms with Gasteiger partial charge in [0.2, 0.25) is 0 Å². The molecule has 0 heterocycles. The van der Waals surface area contributed by atoms with Crippen LogP contribution in [0.15, 0.2) is 12.2 Å². The van der Waals surface area contributed by atoms with Gasteiger partial charge in [-0.25, -0.2) is 0 Å². The summed E-state index contributed by atoms with van der Waals surface area (Å²) in [5.74, 6) is 0.212. The van der Waals surface area contributed by atoms with Crippen LogP contribution in [0.2, 0.25) is 0 Å². The van der Waals surface area contributed by atoms with Crippen LogP contribution in [-0.4, -0.2) is 18.5 Å². The molecule has 0 saturated heterocycles. The van der Waals surface area contributed by atoms with Crippen LogP contribution in [0.4, 0.5) is 0 Å². The molecule has 0 N–H and O–H groups in total. The zero-order valence-electron chi connectivity index (χ0n) is 6.17. The van der Waals surface area contributed by atoms with Gasteiger partial charge < -0.3 is 4.74 Å². The van der Waals surface area contributed by atoms with Gasteiger partial charge in [-0.3, -0.25) is 4.79 Å². The largest absolute Gasteiger partial charge is 0.370 e. The summed E-state index contributed by atoms with van der Waals surface area (Å²) >= 11 is 0. The van der Waals surface area contributed by atoms with Crippen molar-refractivity contribution >= 4 is 5.78 Å². The van der Waals surface area contributed by atoms with E-state index >= 15 is 0 Å². The molecule has 0 aromatic rings. The maximum atomic E-state index is 11.0. The summed E-state index contributed by atoms with van der Waals surface area (Å²) in [5, 5.41) is 0. The molecule has 2 heteroatoms. The maximum absolute atomic E-state index is 11.0. The van der Waals surface area contributed by atoms with E-state index in [2.05, 4.69) is 0 Å². The molecule has 1 aliphatic rings. The zero-order valence-corrected chi connectivity index (χ0v) is 6.17. The summed E-state index contributed by atoms with van der Waals surface area (Å²) in [4.78, 5) is 11.0. The van der Waals surface area contributed by atoms with Crippen LogP contribution in [0.5, 0.6) is 0 Å². The van der Waals surface area contributed by atoms with Crippen molar-refractivity contribution in [1.29, 1.82) is 0 Å². The summed E-state index contributed by atoms with van der Waals surface area (Å²) in [6.07, 6.45) is 5.05. The number of Topliss-reactive ketones (excluding diaryl/α,β-unsaturated/α-hetero) is 1. The van der Waals surface area contributed by atoms with Crippen LogP contribution in [0, 0.1) is 0 Å². The second-order valence-corrected chi connectivity index (χ2v) is 2.32. The number of ether oxygens (including phenoxy) is 1. The fraction of sp³-hybridized carbons (Fsp3) is 0.625. The molecule has 0 saturated carbocycles. The van der Waals surface area contributed by atoms with E-state index in [1.54, 1.807) is 0 Å².